The maximum atomic E-state index is 11.2. The molecule has 1 aliphatic rings. The number of carbonyl (C=O) groups excluding carboxylic acids is 1. The summed E-state index contributed by atoms with van der Waals surface area (Å²) in [5.41, 5.74) is 1.37. The van der Waals surface area contributed by atoms with Crippen molar-refractivity contribution in [3.63, 3.8) is 0 Å². The summed E-state index contributed by atoms with van der Waals surface area (Å²) in [4.78, 5) is 12.5. The monoisotopic (exact) mass is 206 g/mol. The van der Waals surface area contributed by atoms with Crippen LogP contribution in [0.5, 0.6) is 0 Å². The minimum Gasteiger partial charge on any atom is -0.300 e. The number of hydrogen-bond donors (Lipinski definition) is 0. The molecule has 0 saturated heterocycles. The van der Waals surface area contributed by atoms with E-state index in [0.717, 1.165) is 19.3 Å². The minimum absolute atomic E-state index is 0.422. The molecule has 0 radical (unpaired) electrons. The maximum absolute atomic E-state index is 11.2. The SMILES string of the molecule is CSc1ccccc1C1CCC(=O)C1. The summed E-state index contributed by atoms with van der Waals surface area (Å²) in [5.74, 6) is 0.900. The summed E-state index contributed by atoms with van der Waals surface area (Å²) in [7, 11) is 0. The van der Waals surface area contributed by atoms with Crippen LogP contribution >= 0.6 is 11.8 Å². The number of rotatable bonds is 2. The molecule has 0 heterocycles. The van der Waals surface area contributed by atoms with E-state index in [1.165, 1.54) is 10.5 Å². The van der Waals surface area contributed by atoms with Crippen LogP contribution in [-0.2, 0) is 4.79 Å². The molecule has 74 valence electrons. The highest BCUT2D eigenvalue weighted by Crippen LogP contribution is 2.36. The number of carbonyl (C=O) groups is 1. The van der Waals surface area contributed by atoms with Crippen LogP contribution in [0.1, 0.15) is 30.7 Å². The normalized spacial score (nSPS) is 21.5. The van der Waals surface area contributed by atoms with E-state index in [2.05, 4.69) is 30.5 Å². The lowest BCUT2D eigenvalue weighted by Crippen LogP contribution is -1.96. The Morgan fingerprint density at radius 2 is 2.14 bits per heavy atom. The second-order valence-electron chi connectivity index (χ2n) is 3.72. The molecule has 1 aliphatic carbocycles. The fourth-order valence-corrected chi connectivity index (χ4v) is 2.77. The Balaban J connectivity index is 2.27. The summed E-state index contributed by atoms with van der Waals surface area (Å²) in [6, 6.07) is 8.43. The molecule has 1 unspecified atom stereocenters. The van der Waals surface area contributed by atoms with Crippen molar-refractivity contribution >= 4 is 17.5 Å². The molecule has 14 heavy (non-hydrogen) atoms. The molecule has 1 aromatic rings. The van der Waals surface area contributed by atoms with Gasteiger partial charge in [-0.3, -0.25) is 4.79 Å². The van der Waals surface area contributed by atoms with Gasteiger partial charge in [-0.1, -0.05) is 18.2 Å². The quantitative estimate of drug-likeness (QED) is 0.691. The lowest BCUT2D eigenvalue weighted by atomic mass is 9.98. The van der Waals surface area contributed by atoms with Crippen LogP contribution in [-0.4, -0.2) is 12.0 Å². The highest BCUT2D eigenvalue weighted by molar-refractivity contribution is 7.98. The molecule has 1 atom stereocenters. The van der Waals surface area contributed by atoms with Gasteiger partial charge in [0.25, 0.3) is 0 Å². The first-order chi connectivity index (χ1) is 6.81. The lowest BCUT2D eigenvalue weighted by molar-refractivity contribution is -0.117. The maximum Gasteiger partial charge on any atom is 0.133 e. The number of ketones is 1. The zero-order chi connectivity index (χ0) is 9.97. The third-order valence-electron chi connectivity index (χ3n) is 2.82. The van der Waals surface area contributed by atoms with Crippen LogP contribution in [0.25, 0.3) is 0 Å². The molecule has 2 heteroatoms. The molecule has 2 rings (SSSR count). The molecule has 0 amide bonds. The van der Waals surface area contributed by atoms with Crippen LogP contribution in [0.15, 0.2) is 29.2 Å². The van der Waals surface area contributed by atoms with Crippen molar-refractivity contribution in [3.8, 4) is 0 Å². The van der Waals surface area contributed by atoms with Gasteiger partial charge in [0.05, 0.1) is 0 Å². The van der Waals surface area contributed by atoms with Gasteiger partial charge in [0.1, 0.15) is 5.78 Å². The van der Waals surface area contributed by atoms with Crippen LogP contribution < -0.4 is 0 Å². The summed E-state index contributed by atoms with van der Waals surface area (Å²) in [5, 5.41) is 0. The predicted octanol–water partition coefficient (Wildman–Crippen LogP) is 3.25. The molecular weight excluding hydrogens is 192 g/mol. The van der Waals surface area contributed by atoms with E-state index in [4.69, 9.17) is 0 Å². The second-order valence-corrected chi connectivity index (χ2v) is 4.57. The average molecular weight is 206 g/mol. The Hall–Kier alpha value is -0.760. The Morgan fingerprint density at radius 1 is 1.36 bits per heavy atom. The van der Waals surface area contributed by atoms with Gasteiger partial charge in [-0.05, 0) is 30.2 Å². The number of hydrogen-bond acceptors (Lipinski definition) is 2. The molecule has 0 spiro atoms. The van der Waals surface area contributed by atoms with Crippen LogP contribution in [0.3, 0.4) is 0 Å². The van der Waals surface area contributed by atoms with Gasteiger partial charge in [-0.25, -0.2) is 0 Å². The van der Waals surface area contributed by atoms with Crippen LogP contribution in [0, 0.1) is 0 Å². The Bertz CT molecular complexity index is 346. The number of thioether (sulfide) groups is 1. The molecular formula is C12H14OS. The summed E-state index contributed by atoms with van der Waals surface area (Å²) >= 11 is 1.77. The van der Waals surface area contributed by atoms with E-state index in [1.807, 2.05) is 0 Å². The van der Waals surface area contributed by atoms with Gasteiger partial charge in [-0.15, -0.1) is 11.8 Å². The fourth-order valence-electron chi connectivity index (χ4n) is 2.08. The van der Waals surface area contributed by atoms with Crippen molar-refractivity contribution in [3.05, 3.63) is 29.8 Å². The van der Waals surface area contributed by atoms with Crippen LogP contribution in [0.4, 0.5) is 0 Å². The molecule has 0 aromatic heterocycles. The van der Waals surface area contributed by atoms with Gasteiger partial charge in [-0.2, -0.15) is 0 Å². The van der Waals surface area contributed by atoms with Gasteiger partial charge < -0.3 is 0 Å². The van der Waals surface area contributed by atoms with E-state index in [9.17, 15) is 4.79 Å². The van der Waals surface area contributed by atoms with Crippen molar-refractivity contribution in [2.75, 3.05) is 6.26 Å². The second kappa shape index (κ2) is 4.18. The average Bonchev–Trinajstić information content (AvgIpc) is 2.65. The topological polar surface area (TPSA) is 17.1 Å². The zero-order valence-electron chi connectivity index (χ0n) is 8.32. The van der Waals surface area contributed by atoms with Crippen molar-refractivity contribution in [1.29, 1.82) is 0 Å². The van der Waals surface area contributed by atoms with Crippen molar-refractivity contribution in [2.45, 2.75) is 30.1 Å². The first kappa shape index (κ1) is 9.78. The first-order valence-corrected chi connectivity index (χ1v) is 6.18. The van der Waals surface area contributed by atoms with E-state index in [-0.39, 0.29) is 0 Å². The van der Waals surface area contributed by atoms with Crippen molar-refractivity contribution < 1.29 is 4.79 Å². The first-order valence-electron chi connectivity index (χ1n) is 4.96. The van der Waals surface area contributed by atoms with Gasteiger partial charge in [0.15, 0.2) is 0 Å². The van der Waals surface area contributed by atoms with Crippen molar-refractivity contribution in [1.82, 2.24) is 0 Å². The molecule has 1 saturated carbocycles. The van der Waals surface area contributed by atoms with Crippen molar-refractivity contribution in [2.24, 2.45) is 0 Å². The Kier molecular flexibility index (Phi) is 2.92. The van der Waals surface area contributed by atoms with E-state index in [0.29, 0.717) is 11.7 Å². The third-order valence-corrected chi connectivity index (χ3v) is 3.64. The molecule has 1 nitrogen and oxygen atoms in total. The third kappa shape index (κ3) is 1.85. The molecule has 0 N–H and O–H groups in total. The Labute approximate surface area is 88.9 Å². The summed E-state index contributed by atoms with van der Waals surface area (Å²) in [6.07, 6.45) is 4.65. The zero-order valence-corrected chi connectivity index (χ0v) is 9.14. The van der Waals surface area contributed by atoms with E-state index >= 15 is 0 Å². The largest absolute Gasteiger partial charge is 0.300 e. The molecule has 1 fully saturated rings. The van der Waals surface area contributed by atoms with Gasteiger partial charge in [0, 0.05) is 17.7 Å². The number of benzene rings is 1. The van der Waals surface area contributed by atoms with Gasteiger partial charge in [0.2, 0.25) is 0 Å². The van der Waals surface area contributed by atoms with Gasteiger partial charge >= 0.3 is 0 Å². The summed E-state index contributed by atoms with van der Waals surface area (Å²) in [6.45, 7) is 0. The van der Waals surface area contributed by atoms with E-state index < -0.39 is 0 Å². The highest BCUT2D eigenvalue weighted by Gasteiger charge is 2.24. The minimum atomic E-state index is 0.422. The van der Waals surface area contributed by atoms with Crippen LogP contribution in [0.2, 0.25) is 0 Å². The molecule has 1 aromatic carbocycles. The standard InChI is InChI=1S/C12H14OS/c1-14-12-5-3-2-4-11(12)9-6-7-10(13)8-9/h2-5,9H,6-8H2,1H3. The number of Topliss-reactive ketones (excluding diaryl/α,β-unsaturated/α-hetero) is 1. The summed E-state index contributed by atoms with van der Waals surface area (Å²) < 4.78 is 0. The fraction of sp³-hybridized carbons (Fsp3) is 0.417. The molecule has 0 aliphatic heterocycles. The highest BCUT2D eigenvalue weighted by atomic mass is 32.2. The van der Waals surface area contributed by atoms with E-state index in [1.54, 1.807) is 11.8 Å². The Morgan fingerprint density at radius 3 is 2.79 bits per heavy atom. The predicted molar refractivity (Wildman–Crippen MR) is 59.8 cm³/mol. The lowest BCUT2D eigenvalue weighted by Gasteiger charge is -2.12. The smallest absolute Gasteiger partial charge is 0.133 e. The molecule has 0 bridgehead atoms.